The molecule has 178 valence electrons. The molecule has 9 nitrogen and oxygen atoms in total. The lowest BCUT2D eigenvalue weighted by Crippen LogP contribution is -2.55. The zero-order valence-corrected chi connectivity index (χ0v) is 18.5. The fraction of sp³-hybridized carbons (Fsp3) is 0.400. The summed E-state index contributed by atoms with van der Waals surface area (Å²) in [4.78, 5) is 39.0. The smallest absolute Gasteiger partial charge is 0.423 e. The van der Waals surface area contributed by atoms with Crippen molar-refractivity contribution in [1.82, 2.24) is 4.90 Å². The van der Waals surface area contributed by atoms with E-state index in [0.29, 0.717) is 16.2 Å². The molecule has 2 aromatic carbocycles. The van der Waals surface area contributed by atoms with Gasteiger partial charge in [0.1, 0.15) is 11.5 Å². The van der Waals surface area contributed by atoms with Crippen molar-refractivity contribution in [3.05, 3.63) is 60.2 Å². The molecule has 0 bridgehead atoms. The van der Waals surface area contributed by atoms with E-state index in [1.165, 1.54) is 6.07 Å². The van der Waals surface area contributed by atoms with Crippen LogP contribution in [0, 0.1) is 23.7 Å². The first kappa shape index (κ1) is 22.4. The number of hydrogen-bond acceptors (Lipinski definition) is 8. The van der Waals surface area contributed by atoms with Gasteiger partial charge in [0.15, 0.2) is 5.79 Å². The maximum absolute atomic E-state index is 13.2. The number of para-hydroxylation sites is 2. The molecule has 34 heavy (non-hydrogen) atoms. The van der Waals surface area contributed by atoms with E-state index in [2.05, 4.69) is 4.74 Å². The van der Waals surface area contributed by atoms with Crippen molar-refractivity contribution in [3.63, 3.8) is 0 Å². The van der Waals surface area contributed by atoms with Crippen LogP contribution in [0.15, 0.2) is 54.6 Å². The van der Waals surface area contributed by atoms with Gasteiger partial charge in [0.25, 0.3) is 0 Å². The average molecular weight is 467 g/mol. The van der Waals surface area contributed by atoms with Crippen molar-refractivity contribution in [2.24, 2.45) is 23.7 Å². The lowest BCUT2D eigenvalue weighted by Gasteiger charge is -2.44. The highest BCUT2D eigenvalue weighted by molar-refractivity contribution is 6.15. The molecule has 2 saturated heterocycles. The summed E-state index contributed by atoms with van der Waals surface area (Å²) in [5, 5.41) is 22.2. The van der Waals surface area contributed by atoms with E-state index in [1.54, 1.807) is 30.3 Å². The van der Waals surface area contributed by atoms with Gasteiger partial charge in [0.2, 0.25) is 11.8 Å². The standard InChI is InChI=1S/C25H25NO8/c1-32-24(30)26-22(28)17-11-14(13-33-15-7-3-2-4-8-15)25(31)18(21(17)23(26)29)12-20(34-25)16-9-5-6-10-19(16)27/h2-10,14,17-18,20-21,27,31H,11-13H2,1H3/t14-,17+,18+,20+,21+,25-/m1/s1. The summed E-state index contributed by atoms with van der Waals surface area (Å²) in [6, 6.07) is 15.7. The molecule has 2 N–H and O–H groups in total. The second kappa shape index (κ2) is 8.41. The number of aliphatic hydroxyl groups is 1. The topological polar surface area (TPSA) is 123 Å². The maximum Gasteiger partial charge on any atom is 0.423 e. The highest BCUT2D eigenvalue weighted by Crippen LogP contribution is 2.58. The van der Waals surface area contributed by atoms with Gasteiger partial charge in [-0.3, -0.25) is 9.59 Å². The third kappa shape index (κ3) is 3.43. The third-order valence-corrected chi connectivity index (χ3v) is 7.20. The fourth-order valence-corrected chi connectivity index (χ4v) is 5.61. The second-order valence-electron chi connectivity index (χ2n) is 8.93. The predicted octanol–water partition coefficient (Wildman–Crippen LogP) is 2.62. The van der Waals surface area contributed by atoms with Crippen molar-refractivity contribution in [1.29, 1.82) is 0 Å². The van der Waals surface area contributed by atoms with E-state index in [4.69, 9.17) is 9.47 Å². The highest BCUT2D eigenvalue weighted by atomic mass is 16.6. The van der Waals surface area contributed by atoms with Crippen LogP contribution in [0.25, 0.3) is 0 Å². The molecule has 0 spiro atoms. The number of hydrogen-bond donors (Lipinski definition) is 2. The number of fused-ring (bicyclic) bond motifs is 3. The summed E-state index contributed by atoms with van der Waals surface area (Å²) in [5.41, 5.74) is 0.478. The summed E-state index contributed by atoms with van der Waals surface area (Å²) in [6.07, 6.45) is -1.47. The van der Waals surface area contributed by atoms with Gasteiger partial charge in [-0.1, -0.05) is 36.4 Å². The van der Waals surface area contributed by atoms with E-state index < -0.39 is 53.5 Å². The first-order valence-corrected chi connectivity index (χ1v) is 11.2. The number of phenolic OH excluding ortho intramolecular Hbond substituents is 1. The van der Waals surface area contributed by atoms with Gasteiger partial charge in [-0.25, -0.2) is 4.79 Å². The number of ether oxygens (including phenoxy) is 3. The number of rotatable bonds is 4. The quantitative estimate of drug-likeness (QED) is 0.658. The van der Waals surface area contributed by atoms with Crippen LogP contribution in [0.1, 0.15) is 24.5 Å². The van der Waals surface area contributed by atoms with Crippen LogP contribution in [0.3, 0.4) is 0 Å². The first-order chi connectivity index (χ1) is 16.3. The van der Waals surface area contributed by atoms with Crippen LogP contribution in [-0.2, 0) is 19.1 Å². The normalized spacial score (nSPS) is 32.3. The predicted molar refractivity (Wildman–Crippen MR) is 116 cm³/mol. The van der Waals surface area contributed by atoms with E-state index >= 15 is 0 Å². The number of amides is 3. The molecule has 5 rings (SSSR count). The third-order valence-electron chi connectivity index (χ3n) is 7.20. The molecular weight excluding hydrogens is 442 g/mol. The van der Waals surface area contributed by atoms with Crippen molar-refractivity contribution in [2.75, 3.05) is 13.7 Å². The van der Waals surface area contributed by atoms with Gasteiger partial charge >= 0.3 is 6.09 Å². The van der Waals surface area contributed by atoms with E-state index in [9.17, 15) is 24.6 Å². The van der Waals surface area contributed by atoms with E-state index in [1.807, 2.05) is 18.2 Å². The molecule has 1 saturated carbocycles. The van der Waals surface area contributed by atoms with Crippen LogP contribution < -0.4 is 4.74 Å². The molecule has 0 radical (unpaired) electrons. The summed E-state index contributed by atoms with van der Waals surface area (Å²) >= 11 is 0. The largest absolute Gasteiger partial charge is 0.508 e. The molecule has 9 heteroatoms. The molecule has 0 unspecified atom stereocenters. The van der Waals surface area contributed by atoms with E-state index in [-0.39, 0.29) is 25.2 Å². The van der Waals surface area contributed by atoms with Gasteiger partial charge in [-0.15, -0.1) is 0 Å². The molecule has 3 fully saturated rings. The number of nitrogens with zero attached hydrogens (tertiary/aromatic N) is 1. The zero-order valence-electron chi connectivity index (χ0n) is 18.5. The van der Waals surface area contributed by atoms with Crippen molar-refractivity contribution >= 4 is 17.9 Å². The molecule has 6 atom stereocenters. The number of carbonyl (C=O) groups is 3. The summed E-state index contributed by atoms with van der Waals surface area (Å²) in [7, 11) is 1.10. The Morgan fingerprint density at radius 1 is 1.09 bits per heavy atom. The van der Waals surface area contributed by atoms with Crippen LogP contribution in [0.4, 0.5) is 4.79 Å². The Morgan fingerprint density at radius 2 is 1.79 bits per heavy atom. The minimum atomic E-state index is -1.80. The summed E-state index contributed by atoms with van der Waals surface area (Å²) < 4.78 is 16.7. The summed E-state index contributed by atoms with van der Waals surface area (Å²) in [5.74, 6) is -5.75. The number of likely N-dealkylation sites (tertiary alicyclic amines) is 1. The Kier molecular flexibility index (Phi) is 5.53. The lowest BCUT2D eigenvalue weighted by atomic mass is 9.64. The minimum absolute atomic E-state index is 0.00777. The Balaban J connectivity index is 1.50. The molecule has 3 amide bonds. The number of methoxy groups -OCH3 is 1. The monoisotopic (exact) mass is 467 g/mol. The van der Waals surface area contributed by atoms with Gasteiger partial charge in [-0.05, 0) is 31.0 Å². The molecule has 1 aliphatic carbocycles. The van der Waals surface area contributed by atoms with Gasteiger partial charge < -0.3 is 24.4 Å². The molecule has 2 heterocycles. The molecular formula is C25H25NO8. The average Bonchev–Trinajstić information content (AvgIpc) is 3.31. The first-order valence-electron chi connectivity index (χ1n) is 11.2. The molecule has 3 aliphatic rings. The zero-order chi connectivity index (χ0) is 24.0. The fourth-order valence-electron chi connectivity index (χ4n) is 5.61. The molecule has 0 aromatic heterocycles. The van der Waals surface area contributed by atoms with Crippen LogP contribution in [0.2, 0.25) is 0 Å². The Bertz CT molecular complexity index is 1120. The van der Waals surface area contributed by atoms with Crippen molar-refractivity contribution in [3.8, 4) is 11.5 Å². The van der Waals surface area contributed by atoms with Gasteiger partial charge in [0.05, 0.1) is 31.7 Å². The SMILES string of the molecule is COC(=O)N1C(=O)[C@H]2[C@H](C[C@H](COc3ccccc3)[C@@]3(O)O[C@H](c4ccccc4O)C[C@@H]23)C1=O. The van der Waals surface area contributed by atoms with Crippen LogP contribution in [-0.4, -0.2) is 52.5 Å². The van der Waals surface area contributed by atoms with Crippen molar-refractivity contribution < 1.29 is 38.8 Å². The maximum atomic E-state index is 13.2. The lowest BCUT2D eigenvalue weighted by molar-refractivity contribution is -0.272. The molecule has 2 aliphatic heterocycles. The molecule has 2 aromatic rings. The van der Waals surface area contributed by atoms with Crippen LogP contribution >= 0.6 is 0 Å². The Morgan fingerprint density at radius 3 is 2.50 bits per heavy atom. The number of carbonyl (C=O) groups excluding carboxylic acids is 3. The minimum Gasteiger partial charge on any atom is -0.508 e. The van der Waals surface area contributed by atoms with Gasteiger partial charge in [0, 0.05) is 17.4 Å². The van der Waals surface area contributed by atoms with E-state index in [0.717, 1.165) is 7.11 Å². The van der Waals surface area contributed by atoms with Crippen LogP contribution in [0.5, 0.6) is 11.5 Å². The van der Waals surface area contributed by atoms with Crippen molar-refractivity contribution in [2.45, 2.75) is 24.7 Å². The highest BCUT2D eigenvalue weighted by Gasteiger charge is 2.68. The summed E-state index contributed by atoms with van der Waals surface area (Å²) in [6.45, 7) is 0.0351. The Labute approximate surface area is 195 Å². The number of aromatic hydroxyl groups is 1. The van der Waals surface area contributed by atoms with Gasteiger partial charge in [-0.2, -0.15) is 4.90 Å². The second-order valence-corrected chi connectivity index (χ2v) is 8.93. The number of benzene rings is 2. The number of phenols is 1. The number of imide groups is 3. The Hall–Kier alpha value is -3.43.